The van der Waals surface area contributed by atoms with Gasteiger partial charge in [0, 0.05) is 17.4 Å². The number of carbonyl (C=O) groups is 1. The van der Waals surface area contributed by atoms with Crippen molar-refractivity contribution in [2.24, 2.45) is 10.7 Å². The van der Waals surface area contributed by atoms with Crippen LogP contribution in [0.3, 0.4) is 0 Å². The highest BCUT2D eigenvalue weighted by Crippen LogP contribution is 2.41. The quantitative estimate of drug-likeness (QED) is 0.669. The smallest absolute Gasteiger partial charge is 0.385 e. The third-order valence-corrected chi connectivity index (χ3v) is 5.07. The maximum absolute atomic E-state index is 14.5. The number of nitrogens with one attached hydrogen (secondary N) is 1. The molecule has 0 fully saturated rings. The summed E-state index contributed by atoms with van der Waals surface area (Å²) in [5.41, 5.74) is 0.413. The summed E-state index contributed by atoms with van der Waals surface area (Å²) in [4.78, 5) is 19.8. The van der Waals surface area contributed by atoms with Crippen molar-refractivity contribution in [2.45, 2.75) is 31.2 Å². The van der Waals surface area contributed by atoms with Gasteiger partial charge in [-0.25, -0.2) is 13.8 Å². The predicted octanol–water partition coefficient (Wildman–Crippen LogP) is 4.19. The van der Waals surface area contributed by atoms with E-state index in [4.69, 9.17) is 22.1 Å². The normalized spacial score (nSPS) is 23.9. The molecule has 1 aliphatic heterocycles. The van der Waals surface area contributed by atoms with E-state index in [2.05, 4.69) is 15.3 Å². The van der Waals surface area contributed by atoms with Gasteiger partial charge in [0.15, 0.2) is 11.5 Å². The molecule has 0 saturated carbocycles. The zero-order valence-electron chi connectivity index (χ0n) is 16.1. The molecule has 0 bridgehead atoms. The molecule has 3 N–H and O–H groups in total. The molecule has 1 aromatic carbocycles. The van der Waals surface area contributed by atoms with Crippen LogP contribution in [0.2, 0.25) is 5.02 Å². The first-order valence-electron chi connectivity index (χ1n) is 8.76. The highest BCUT2D eigenvalue weighted by Gasteiger charge is 2.59. The van der Waals surface area contributed by atoms with Crippen LogP contribution in [0.15, 0.2) is 35.5 Å². The Morgan fingerprint density at radius 2 is 1.90 bits per heavy atom. The van der Waals surface area contributed by atoms with E-state index in [0.717, 1.165) is 31.3 Å². The monoisotopic (exact) mass is 462 g/mol. The number of halogens is 6. The number of aromatic nitrogens is 1. The van der Waals surface area contributed by atoms with Crippen LogP contribution < -0.4 is 11.1 Å². The highest BCUT2D eigenvalue weighted by atomic mass is 35.5. The number of benzene rings is 1. The number of nitrogens with zero attached hydrogens (tertiary/aromatic N) is 2. The number of amidine groups is 1. The Hall–Kier alpha value is -2.79. The lowest BCUT2D eigenvalue weighted by Gasteiger charge is -2.41. The van der Waals surface area contributed by atoms with Gasteiger partial charge in [-0.05, 0) is 38.1 Å². The molecule has 0 saturated heterocycles. The number of carbonyl (C=O) groups excluding carboxylic acids is 1. The van der Waals surface area contributed by atoms with Crippen molar-refractivity contribution in [3.8, 4) is 0 Å². The Kier molecular flexibility index (Phi) is 5.70. The molecule has 2 aromatic rings. The zero-order chi connectivity index (χ0) is 23.2. The van der Waals surface area contributed by atoms with Gasteiger partial charge in [-0.15, -0.1) is 0 Å². The summed E-state index contributed by atoms with van der Waals surface area (Å²) < 4.78 is 73.3. The van der Waals surface area contributed by atoms with Crippen LogP contribution in [0.5, 0.6) is 0 Å². The number of ether oxygens (including phenoxy) is 1. The molecule has 12 heteroatoms. The molecular weight excluding hydrogens is 447 g/mol. The van der Waals surface area contributed by atoms with E-state index in [9.17, 15) is 26.7 Å². The van der Waals surface area contributed by atoms with Crippen molar-refractivity contribution >= 4 is 29.0 Å². The molecule has 1 amide bonds. The first-order valence-corrected chi connectivity index (χ1v) is 9.13. The Labute approximate surface area is 178 Å². The number of anilines is 1. The van der Waals surface area contributed by atoms with Crippen molar-refractivity contribution in [1.29, 1.82) is 0 Å². The van der Waals surface area contributed by atoms with Crippen LogP contribution in [-0.2, 0) is 10.3 Å². The summed E-state index contributed by atoms with van der Waals surface area (Å²) in [5, 5.41) is 2.33. The van der Waals surface area contributed by atoms with Crippen LogP contribution in [0, 0.1) is 11.6 Å². The number of nitrogens with two attached hydrogens (primary N) is 1. The molecule has 1 aromatic heterocycles. The lowest BCUT2D eigenvalue weighted by molar-refractivity contribution is -0.249. The number of amides is 1. The second-order valence-corrected chi connectivity index (χ2v) is 7.66. The second-order valence-electron chi connectivity index (χ2n) is 7.22. The average molecular weight is 463 g/mol. The number of rotatable bonds is 3. The van der Waals surface area contributed by atoms with E-state index in [1.807, 2.05) is 0 Å². The van der Waals surface area contributed by atoms with Crippen LogP contribution >= 0.6 is 11.6 Å². The highest BCUT2D eigenvalue weighted by molar-refractivity contribution is 6.30. The molecule has 2 heterocycles. The first-order chi connectivity index (χ1) is 14.3. The maximum Gasteiger partial charge on any atom is 0.424 e. The second kappa shape index (κ2) is 7.72. The summed E-state index contributed by atoms with van der Waals surface area (Å²) in [6.07, 6.45) is -3.75. The number of alkyl halides is 3. The van der Waals surface area contributed by atoms with Gasteiger partial charge in [-0.3, -0.25) is 9.79 Å². The number of pyridine rings is 1. The largest absolute Gasteiger partial charge is 0.424 e. The Morgan fingerprint density at radius 1 is 1.23 bits per heavy atom. The molecule has 31 heavy (non-hydrogen) atoms. The standard InChI is InChI=1S/C19H16ClF5N4O2/c1-17(8-31-18(2,16(26)29-17)19(23,24)25)11-6-10(3-4-12(11)21)28-15(30)14-13(22)5-9(20)7-27-14/h3-7H,8H2,1-2H3,(H2,26,29)(H,28,30). The summed E-state index contributed by atoms with van der Waals surface area (Å²) in [7, 11) is 0. The minimum absolute atomic E-state index is 0.00958. The van der Waals surface area contributed by atoms with Gasteiger partial charge in [-0.1, -0.05) is 11.6 Å². The zero-order valence-corrected chi connectivity index (χ0v) is 16.9. The van der Waals surface area contributed by atoms with Crippen LogP contribution in [-0.4, -0.2) is 35.1 Å². The summed E-state index contributed by atoms with van der Waals surface area (Å²) in [5.74, 6) is -3.59. The lowest BCUT2D eigenvalue weighted by atomic mass is 9.89. The summed E-state index contributed by atoms with van der Waals surface area (Å²) in [6, 6.07) is 4.21. The molecule has 6 nitrogen and oxygen atoms in total. The van der Waals surface area contributed by atoms with E-state index < -0.39 is 53.0 Å². The van der Waals surface area contributed by atoms with Gasteiger partial charge in [0.1, 0.15) is 17.2 Å². The number of hydrogen-bond acceptors (Lipinski definition) is 5. The Bertz CT molecular complexity index is 1080. The molecule has 166 valence electrons. The van der Waals surface area contributed by atoms with Crippen LogP contribution in [0.4, 0.5) is 27.6 Å². The van der Waals surface area contributed by atoms with Crippen molar-refractivity contribution in [1.82, 2.24) is 4.98 Å². The van der Waals surface area contributed by atoms with E-state index >= 15 is 0 Å². The summed E-state index contributed by atoms with van der Waals surface area (Å²) in [6.45, 7) is 1.43. The van der Waals surface area contributed by atoms with Crippen molar-refractivity contribution in [3.63, 3.8) is 0 Å². The van der Waals surface area contributed by atoms with Gasteiger partial charge >= 0.3 is 6.18 Å². The molecule has 2 atom stereocenters. The van der Waals surface area contributed by atoms with E-state index in [1.54, 1.807) is 0 Å². The minimum atomic E-state index is -4.83. The van der Waals surface area contributed by atoms with E-state index in [0.29, 0.717) is 0 Å². The van der Waals surface area contributed by atoms with Gasteiger partial charge in [-0.2, -0.15) is 13.2 Å². The van der Waals surface area contributed by atoms with Crippen molar-refractivity contribution in [3.05, 3.63) is 58.4 Å². The topological polar surface area (TPSA) is 89.6 Å². The molecule has 1 aliphatic rings. The molecule has 0 radical (unpaired) electrons. The van der Waals surface area contributed by atoms with Gasteiger partial charge in [0.05, 0.1) is 11.6 Å². The number of hydrogen-bond donors (Lipinski definition) is 2. The fourth-order valence-corrected chi connectivity index (χ4v) is 3.06. The van der Waals surface area contributed by atoms with Gasteiger partial charge in [0.2, 0.25) is 5.60 Å². The maximum atomic E-state index is 14.5. The third-order valence-electron chi connectivity index (χ3n) is 4.87. The predicted molar refractivity (Wildman–Crippen MR) is 103 cm³/mol. The fourth-order valence-electron chi connectivity index (χ4n) is 2.92. The van der Waals surface area contributed by atoms with Crippen LogP contribution in [0.1, 0.15) is 29.9 Å². The molecule has 3 rings (SSSR count). The Balaban J connectivity index is 1.94. The van der Waals surface area contributed by atoms with Crippen molar-refractivity contribution in [2.75, 3.05) is 11.9 Å². The summed E-state index contributed by atoms with van der Waals surface area (Å²) >= 11 is 5.60. The molecule has 0 spiro atoms. The minimum Gasteiger partial charge on any atom is -0.385 e. The van der Waals surface area contributed by atoms with E-state index in [-0.39, 0.29) is 16.3 Å². The average Bonchev–Trinajstić information content (AvgIpc) is 2.65. The van der Waals surface area contributed by atoms with Crippen LogP contribution in [0.25, 0.3) is 0 Å². The molecule has 0 aliphatic carbocycles. The lowest BCUT2D eigenvalue weighted by Crippen LogP contribution is -2.60. The first kappa shape index (κ1) is 22.9. The van der Waals surface area contributed by atoms with Crippen molar-refractivity contribution < 1.29 is 31.5 Å². The van der Waals surface area contributed by atoms with Gasteiger partial charge in [0.25, 0.3) is 5.91 Å². The van der Waals surface area contributed by atoms with Gasteiger partial charge < -0.3 is 15.8 Å². The molecular formula is C19H16ClF5N4O2. The SMILES string of the molecule is CC1(c2cc(NC(=O)c3ncc(Cl)cc3F)ccc2F)COC(C)(C(F)(F)F)C(N)=N1. The Morgan fingerprint density at radius 3 is 2.48 bits per heavy atom. The van der Waals surface area contributed by atoms with E-state index in [1.165, 1.54) is 13.0 Å². The third kappa shape index (κ3) is 4.19. The number of aliphatic imine (C=N–C) groups is 1. The fraction of sp³-hybridized carbons (Fsp3) is 0.316. The molecule has 2 unspecified atom stereocenters.